The summed E-state index contributed by atoms with van der Waals surface area (Å²) in [4.78, 5) is 19.9. The third kappa shape index (κ3) is 4.18. The fraction of sp³-hybridized carbons (Fsp3) is 0.500. The summed E-state index contributed by atoms with van der Waals surface area (Å²) >= 11 is 0. The zero-order valence-corrected chi connectivity index (χ0v) is 15.6. The van der Waals surface area contributed by atoms with Crippen LogP contribution in [0, 0.1) is 0 Å². The van der Waals surface area contributed by atoms with E-state index in [-0.39, 0.29) is 24.0 Å². The molecule has 1 saturated carbocycles. The van der Waals surface area contributed by atoms with Gasteiger partial charge in [0.15, 0.2) is 11.5 Å². The van der Waals surface area contributed by atoms with Gasteiger partial charge in [-0.2, -0.15) is 0 Å². The molecule has 2 aromatic rings. The van der Waals surface area contributed by atoms with E-state index < -0.39 is 0 Å². The number of rotatable bonds is 7. The molecule has 0 unspecified atom stereocenters. The summed E-state index contributed by atoms with van der Waals surface area (Å²) < 4.78 is 11.8. The lowest BCUT2D eigenvalue weighted by Crippen LogP contribution is -2.42. The Morgan fingerprint density at radius 3 is 2.77 bits per heavy atom. The lowest BCUT2D eigenvalue weighted by Gasteiger charge is -2.23. The molecule has 0 aliphatic heterocycles. The van der Waals surface area contributed by atoms with Crippen LogP contribution in [0.3, 0.4) is 0 Å². The van der Waals surface area contributed by atoms with Crippen molar-refractivity contribution in [1.82, 2.24) is 15.3 Å². The summed E-state index contributed by atoms with van der Waals surface area (Å²) in [6.45, 7) is 6.61. The van der Waals surface area contributed by atoms with Crippen molar-refractivity contribution in [2.45, 2.75) is 58.1 Å². The van der Waals surface area contributed by atoms with Gasteiger partial charge in [0.25, 0.3) is 5.91 Å². The van der Waals surface area contributed by atoms with Gasteiger partial charge in [0.05, 0.1) is 18.8 Å². The van der Waals surface area contributed by atoms with Gasteiger partial charge in [-0.1, -0.05) is 26.0 Å². The number of ether oxygens (including phenoxy) is 2. The molecule has 0 bridgehead atoms. The van der Waals surface area contributed by atoms with E-state index in [0.717, 1.165) is 36.6 Å². The van der Waals surface area contributed by atoms with Crippen LogP contribution in [0.2, 0.25) is 0 Å². The van der Waals surface area contributed by atoms with Gasteiger partial charge in [-0.15, -0.1) is 0 Å². The molecular formula is C20H27N3O3. The second-order valence-electron chi connectivity index (χ2n) is 6.88. The van der Waals surface area contributed by atoms with Crippen molar-refractivity contribution in [1.29, 1.82) is 0 Å². The van der Waals surface area contributed by atoms with Crippen LogP contribution in [0.4, 0.5) is 0 Å². The molecule has 26 heavy (non-hydrogen) atoms. The Morgan fingerprint density at radius 1 is 1.31 bits per heavy atom. The molecule has 1 aromatic heterocycles. The molecule has 1 heterocycles. The first-order valence-electron chi connectivity index (χ1n) is 9.32. The third-order valence-electron chi connectivity index (χ3n) is 4.58. The van der Waals surface area contributed by atoms with Crippen molar-refractivity contribution >= 4 is 5.91 Å². The predicted molar refractivity (Wildman–Crippen MR) is 99.8 cm³/mol. The number of hydrogen-bond donors (Lipinski definition) is 2. The van der Waals surface area contributed by atoms with Crippen LogP contribution < -0.4 is 14.8 Å². The van der Waals surface area contributed by atoms with Crippen molar-refractivity contribution < 1.29 is 14.3 Å². The molecule has 0 radical (unpaired) electrons. The summed E-state index contributed by atoms with van der Waals surface area (Å²) in [7, 11) is 0. The molecule has 6 heteroatoms. The van der Waals surface area contributed by atoms with Crippen molar-refractivity contribution in [2.75, 3.05) is 6.61 Å². The van der Waals surface area contributed by atoms with Crippen LogP contribution in [0.5, 0.6) is 11.5 Å². The van der Waals surface area contributed by atoms with E-state index in [1.807, 2.05) is 45.0 Å². The molecule has 140 valence electrons. The average Bonchev–Trinajstić information content (AvgIpc) is 3.27. The molecule has 6 nitrogen and oxygen atoms in total. The van der Waals surface area contributed by atoms with Crippen LogP contribution in [0.15, 0.2) is 30.5 Å². The van der Waals surface area contributed by atoms with Gasteiger partial charge in [0.2, 0.25) is 0 Å². The number of imidazole rings is 1. The Morgan fingerprint density at radius 2 is 2.08 bits per heavy atom. The Bertz CT molecular complexity index is 741. The minimum atomic E-state index is -0.136. The maximum absolute atomic E-state index is 12.5. The molecule has 3 rings (SSSR count). The predicted octanol–water partition coefficient (Wildman–Crippen LogP) is 3.66. The number of amides is 1. The van der Waals surface area contributed by atoms with E-state index in [4.69, 9.17) is 9.47 Å². The van der Waals surface area contributed by atoms with Gasteiger partial charge in [-0.3, -0.25) is 4.79 Å². The van der Waals surface area contributed by atoms with E-state index in [0.29, 0.717) is 12.3 Å². The molecule has 1 aliphatic carbocycles. The highest BCUT2D eigenvalue weighted by Gasteiger charge is 2.31. The number of aromatic nitrogens is 2. The highest BCUT2D eigenvalue weighted by molar-refractivity contribution is 5.92. The second-order valence-corrected chi connectivity index (χ2v) is 6.88. The maximum atomic E-state index is 12.5. The van der Waals surface area contributed by atoms with Gasteiger partial charge in [-0.05, 0) is 38.3 Å². The normalized spacial score (nSPS) is 19.5. The number of para-hydroxylation sites is 2. The average molecular weight is 357 g/mol. The largest absolute Gasteiger partial charge is 0.490 e. The Balaban J connectivity index is 1.65. The van der Waals surface area contributed by atoms with E-state index in [1.165, 1.54) is 0 Å². The van der Waals surface area contributed by atoms with Gasteiger partial charge in [0.1, 0.15) is 17.6 Å². The Kier molecular flexibility index (Phi) is 5.81. The first kappa shape index (κ1) is 18.3. The SMILES string of the molecule is CCOc1ccccc1O[C@@H]1CCC[C@@H]1NC(=O)c1cnc(C(C)C)[nH]1. The van der Waals surface area contributed by atoms with Crippen LogP contribution >= 0.6 is 0 Å². The molecule has 2 N–H and O–H groups in total. The van der Waals surface area contributed by atoms with Crippen molar-refractivity contribution in [3.63, 3.8) is 0 Å². The number of aromatic amines is 1. The number of nitrogens with one attached hydrogen (secondary N) is 2. The molecule has 0 spiro atoms. The second kappa shape index (κ2) is 8.25. The number of benzene rings is 1. The molecule has 1 aromatic carbocycles. The van der Waals surface area contributed by atoms with E-state index >= 15 is 0 Å². The Labute approximate surface area is 154 Å². The van der Waals surface area contributed by atoms with Gasteiger partial charge in [0, 0.05) is 5.92 Å². The number of carbonyl (C=O) groups excluding carboxylic acids is 1. The van der Waals surface area contributed by atoms with E-state index in [1.54, 1.807) is 6.20 Å². The fourth-order valence-corrected chi connectivity index (χ4v) is 3.21. The number of nitrogens with zero attached hydrogens (tertiary/aromatic N) is 1. The van der Waals surface area contributed by atoms with Gasteiger partial charge in [-0.25, -0.2) is 4.98 Å². The van der Waals surface area contributed by atoms with Crippen molar-refractivity contribution in [3.8, 4) is 11.5 Å². The van der Waals surface area contributed by atoms with Crippen molar-refractivity contribution in [3.05, 3.63) is 42.0 Å². The lowest BCUT2D eigenvalue weighted by atomic mass is 10.2. The minimum absolute atomic E-state index is 0.0250. The van der Waals surface area contributed by atoms with Gasteiger partial charge < -0.3 is 19.8 Å². The quantitative estimate of drug-likeness (QED) is 0.793. The molecule has 1 aliphatic rings. The smallest absolute Gasteiger partial charge is 0.269 e. The fourth-order valence-electron chi connectivity index (χ4n) is 3.21. The summed E-state index contributed by atoms with van der Waals surface area (Å²) in [5.74, 6) is 2.41. The monoisotopic (exact) mass is 357 g/mol. The first-order valence-corrected chi connectivity index (χ1v) is 9.32. The molecule has 2 atom stereocenters. The minimum Gasteiger partial charge on any atom is -0.490 e. The summed E-state index contributed by atoms with van der Waals surface area (Å²) in [6.07, 6.45) is 4.37. The van der Waals surface area contributed by atoms with Crippen LogP contribution in [-0.2, 0) is 0 Å². The summed E-state index contributed by atoms with van der Waals surface area (Å²) in [5.41, 5.74) is 0.495. The molecular weight excluding hydrogens is 330 g/mol. The molecule has 1 fully saturated rings. The number of hydrogen-bond acceptors (Lipinski definition) is 4. The van der Waals surface area contributed by atoms with Crippen molar-refractivity contribution in [2.24, 2.45) is 0 Å². The highest BCUT2D eigenvalue weighted by atomic mass is 16.5. The zero-order valence-electron chi connectivity index (χ0n) is 15.6. The van der Waals surface area contributed by atoms with Crippen LogP contribution in [0.25, 0.3) is 0 Å². The number of H-pyrrole nitrogens is 1. The first-order chi connectivity index (χ1) is 12.6. The number of carbonyl (C=O) groups is 1. The van der Waals surface area contributed by atoms with E-state index in [2.05, 4.69) is 15.3 Å². The summed E-state index contributed by atoms with van der Waals surface area (Å²) in [5, 5.41) is 3.09. The standard InChI is InChI=1S/C20H27N3O3/c1-4-25-17-9-5-6-10-18(17)26-16-11-7-8-14(16)23-20(24)15-12-21-19(22-15)13(2)3/h5-6,9-10,12-14,16H,4,7-8,11H2,1-3H3,(H,21,22)(H,23,24)/t14-,16+/m0/s1. The Hall–Kier alpha value is -2.50. The third-order valence-corrected chi connectivity index (χ3v) is 4.58. The highest BCUT2D eigenvalue weighted by Crippen LogP contribution is 2.31. The zero-order chi connectivity index (χ0) is 18.5. The van der Waals surface area contributed by atoms with Crippen LogP contribution in [0.1, 0.15) is 62.3 Å². The maximum Gasteiger partial charge on any atom is 0.269 e. The van der Waals surface area contributed by atoms with E-state index in [9.17, 15) is 4.79 Å². The topological polar surface area (TPSA) is 76.2 Å². The molecule has 0 saturated heterocycles. The van der Waals surface area contributed by atoms with Crippen LogP contribution in [-0.4, -0.2) is 34.6 Å². The van der Waals surface area contributed by atoms with Gasteiger partial charge >= 0.3 is 0 Å². The molecule has 1 amide bonds. The summed E-state index contributed by atoms with van der Waals surface area (Å²) in [6, 6.07) is 7.64. The lowest BCUT2D eigenvalue weighted by molar-refractivity contribution is 0.0887.